The first kappa shape index (κ1) is 19.8. The monoisotopic (exact) mass is 396 g/mol. The lowest BCUT2D eigenvalue weighted by molar-refractivity contribution is 0.0977. The van der Waals surface area contributed by atoms with Gasteiger partial charge in [0.25, 0.3) is 5.91 Å². The maximum Gasteiger partial charge on any atom is 0.258 e. The first-order valence-corrected chi connectivity index (χ1v) is 9.84. The summed E-state index contributed by atoms with van der Waals surface area (Å²) in [6.45, 7) is 2.92. The van der Waals surface area contributed by atoms with Crippen molar-refractivity contribution in [1.29, 1.82) is 0 Å². The molecule has 0 saturated carbocycles. The van der Waals surface area contributed by atoms with Crippen LogP contribution in [0.5, 0.6) is 5.75 Å². The third-order valence-corrected chi connectivity index (χ3v) is 4.46. The van der Waals surface area contributed by atoms with E-state index < -0.39 is 0 Å². The van der Waals surface area contributed by atoms with Gasteiger partial charge in [0.2, 0.25) is 0 Å². The number of nitrogens with zero attached hydrogens (tertiary/aromatic N) is 2. The number of pyridine rings is 1. The largest absolute Gasteiger partial charge is 0.494 e. The van der Waals surface area contributed by atoms with Crippen molar-refractivity contribution < 1.29 is 9.53 Å². The van der Waals surface area contributed by atoms with Crippen molar-refractivity contribution in [2.24, 2.45) is 0 Å². The second kappa shape index (κ2) is 9.85. The van der Waals surface area contributed by atoms with Crippen molar-refractivity contribution >= 4 is 34.6 Å². The molecule has 3 aromatic rings. The average Bonchev–Trinajstić information content (AvgIpc) is 3.17. The zero-order valence-corrected chi connectivity index (χ0v) is 16.7. The summed E-state index contributed by atoms with van der Waals surface area (Å²) in [4.78, 5) is 16.5. The minimum absolute atomic E-state index is 0.240. The predicted octanol–water partition coefficient (Wildman–Crippen LogP) is 4.42. The van der Waals surface area contributed by atoms with Crippen LogP contribution >= 0.6 is 12.2 Å². The molecular formula is C21H24N4O2S. The van der Waals surface area contributed by atoms with Gasteiger partial charge in [-0.25, -0.2) is 4.98 Å². The molecule has 28 heavy (non-hydrogen) atoms. The third-order valence-electron chi connectivity index (χ3n) is 4.26. The molecule has 0 bridgehead atoms. The van der Waals surface area contributed by atoms with E-state index in [0.717, 1.165) is 30.1 Å². The van der Waals surface area contributed by atoms with Crippen LogP contribution < -0.4 is 15.4 Å². The number of unbranched alkanes of at least 4 members (excludes halogenated alkanes) is 3. The van der Waals surface area contributed by atoms with Gasteiger partial charge >= 0.3 is 0 Å². The zero-order chi connectivity index (χ0) is 19.8. The molecule has 0 saturated heterocycles. The molecule has 7 heteroatoms. The van der Waals surface area contributed by atoms with Gasteiger partial charge in [-0.1, -0.05) is 26.2 Å². The SMILES string of the molecule is CCCCCCOc1ccc(NC(=S)NC(=O)c2ccc3nccn3c2)cc1. The van der Waals surface area contributed by atoms with Crippen molar-refractivity contribution in [2.45, 2.75) is 32.6 Å². The molecule has 2 N–H and O–H groups in total. The van der Waals surface area contributed by atoms with Gasteiger partial charge in [-0.15, -0.1) is 0 Å². The van der Waals surface area contributed by atoms with E-state index >= 15 is 0 Å². The number of carbonyl (C=O) groups is 1. The van der Waals surface area contributed by atoms with Crippen LogP contribution in [0, 0.1) is 0 Å². The van der Waals surface area contributed by atoms with E-state index in [1.807, 2.05) is 24.3 Å². The fourth-order valence-electron chi connectivity index (χ4n) is 2.75. The van der Waals surface area contributed by atoms with E-state index in [0.29, 0.717) is 5.56 Å². The summed E-state index contributed by atoms with van der Waals surface area (Å²) in [5.74, 6) is 0.547. The lowest BCUT2D eigenvalue weighted by Crippen LogP contribution is -2.34. The molecule has 0 fully saturated rings. The van der Waals surface area contributed by atoms with Gasteiger partial charge in [0, 0.05) is 24.3 Å². The van der Waals surface area contributed by atoms with Gasteiger partial charge in [-0.2, -0.15) is 0 Å². The minimum atomic E-state index is -0.278. The number of hydrogen-bond donors (Lipinski definition) is 2. The Balaban J connectivity index is 1.48. The Labute approximate surface area is 169 Å². The summed E-state index contributed by atoms with van der Waals surface area (Å²) < 4.78 is 7.51. The topological polar surface area (TPSA) is 67.7 Å². The number of hydrogen-bond acceptors (Lipinski definition) is 4. The summed E-state index contributed by atoms with van der Waals surface area (Å²) in [5, 5.41) is 5.94. The average molecular weight is 397 g/mol. The fourth-order valence-corrected chi connectivity index (χ4v) is 2.96. The second-order valence-electron chi connectivity index (χ2n) is 6.45. The number of thiocarbonyl (C=S) groups is 1. The number of amides is 1. The van der Waals surface area contributed by atoms with Gasteiger partial charge in [0.1, 0.15) is 11.4 Å². The highest BCUT2D eigenvalue weighted by Gasteiger charge is 2.09. The normalized spacial score (nSPS) is 10.6. The van der Waals surface area contributed by atoms with E-state index in [9.17, 15) is 4.79 Å². The van der Waals surface area contributed by atoms with Gasteiger partial charge in [-0.3, -0.25) is 10.1 Å². The zero-order valence-electron chi connectivity index (χ0n) is 15.9. The standard InChI is InChI=1S/C21H24N4O2S/c1-2-3-4-5-14-27-18-9-7-17(8-10-18)23-21(28)24-20(26)16-6-11-19-22-12-13-25(19)15-16/h6-13,15H,2-5,14H2,1H3,(H2,23,24,26,28). The lowest BCUT2D eigenvalue weighted by atomic mass is 10.2. The number of rotatable bonds is 8. The Morgan fingerprint density at radius 2 is 1.96 bits per heavy atom. The molecule has 0 aliphatic heterocycles. The summed E-state index contributed by atoms with van der Waals surface area (Å²) in [6, 6.07) is 11.0. The molecule has 2 aromatic heterocycles. The highest BCUT2D eigenvalue weighted by molar-refractivity contribution is 7.80. The smallest absolute Gasteiger partial charge is 0.258 e. The maximum atomic E-state index is 12.4. The number of carbonyl (C=O) groups excluding carboxylic acids is 1. The molecule has 2 heterocycles. The van der Waals surface area contributed by atoms with Crippen LogP contribution in [0.2, 0.25) is 0 Å². The first-order valence-electron chi connectivity index (χ1n) is 9.43. The molecule has 1 amide bonds. The summed E-state index contributed by atoms with van der Waals surface area (Å²) in [5.41, 5.74) is 2.07. The molecule has 0 spiro atoms. The van der Waals surface area contributed by atoms with Gasteiger partial charge in [0.05, 0.1) is 12.2 Å². The molecule has 3 rings (SSSR count). The molecule has 1 aromatic carbocycles. The summed E-state index contributed by atoms with van der Waals surface area (Å²) in [6.07, 6.45) is 9.90. The molecule has 0 unspecified atom stereocenters. The molecular weight excluding hydrogens is 372 g/mol. The fraction of sp³-hybridized carbons (Fsp3) is 0.286. The van der Waals surface area contributed by atoms with Crippen LogP contribution in [0.1, 0.15) is 43.0 Å². The quantitative estimate of drug-likeness (QED) is 0.436. The van der Waals surface area contributed by atoms with E-state index in [-0.39, 0.29) is 11.0 Å². The number of fused-ring (bicyclic) bond motifs is 1. The predicted molar refractivity (Wildman–Crippen MR) is 115 cm³/mol. The van der Waals surface area contributed by atoms with Crippen LogP contribution in [0.4, 0.5) is 5.69 Å². The van der Waals surface area contributed by atoms with Crippen molar-refractivity contribution in [1.82, 2.24) is 14.7 Å². The van der Waals surface area contributed by atoms with Crippen molar-refractivity contribution in [3.63, 3.8) is 0 Å². The highest BCUT2D eigenvalue weighted by Crippen LogP contribution is 2.16. The Kier molecular flexibility index (Phi) is 6.97. The Hall–Kier alpha value is -2.93. The highest BCUT2D eigenvalue weighted by atomic mass is 32.1. The molecule has 146 valence electrons. The van der Waals surface area contributed by atoms with Crippen LogP contribution in [-0.4, -0.2) is 27.0 Å². The number of ether oxygens (including phenoxy) is 1. The molecule has 0 aliphatic rings. The Morgan fingerprint density at radius 3 is 2.75 bits per heavy atom. The van der Waals surface area contributed by atoms with Crippen LogP contribution in [0.25, 0.3) is 5.65 Å². The number of benzene rings is 1. The molecule has 0 atom stereocenters. The molecule has 0 aliphatic carbocycles. The van der Waals surface area contributed by atoms with Crippen molar-refractivity contribution in [2.75, 3.05) is 11.9 Å². The lowest BCUT2D eigenvalue weighted by Gasteiger charge is -2.11. The number of imidazole rings is 1. The van der Waals surface area contributed by atoms with E-state index in [1.54, 1.807) is 35.1 Å². The van der Waals surface area contributed by atoms with E-state index in [2.05, 4.69) is 22.5 Å². The van der Waals surface area contributed by atoms with Gasteiger partial charge < -0.3 is 14.5 Å². The summed E-state index contributed by atoms with van der Waals surface area (Å²) >= 11 is 5.24. The minimum Gasteiger partial charge on any atom is -0.494 e. The Bertz CT molecular complexity index is 937. The van der Waals surface area contributed by atoms with E-state index in [1.165, 1.54) is 19.3 Å². The van der Waals surface area contributed by atoms with Crippen LogP contribution in [0.15, 0.2) is 55.0 Å². The van der Waals surface area contributed by atoms with Crippen LogP contribution in [-0.2, 0) is 0 Å². The molecule has 6 nitrogen and oxygen atoms in total. The second-order valence-corrected chi connectivity index (χ2v) is 6.86. The van der Waals surface area contributed by atoms with Gasteiger partial charge in [0.15, 0.2) is 5.11 Å². The Morgan fingerprint density at radius 1 is 1.14 bits per heavy atom. The van der Waals surface area contributed by atoms with Crippen molar-refractivity contribution in [3.8, 4) is 5.75 Å². The summed E-state index contributed by atoms with van der Waals surface area (Å²) in [7, 11) is 0. The maximum absolute atomic E-state index is 12.4. The van der Waals surface area contributed by atoms with E-state index in [4.69, 9.17) is 17.0 Å². The van der Waals surface area contributed by atoms with Gasteiger partial charge in [-0.05, 0) is 55.0 Å². The first-order chi connectivity index (χ1) is 13.7. The number of aromatic nitrogens is 2. The number of anilines is 1. The number of nitrogens with one attached hydrogen (secondary N) is 2. The van der Waals surface area contributed by atoms with Crippen LogP contribution in [0.3, 0.4) is 0 Å². The van der Waals surface area contributed by atoms with Crippen molar-refractivity contribution in [3.05, 3.63) is 60.6 Å². The molecule has 0 radical (unpaired) electrons. The third kappa shape index (κ3) is 5.53.